The van der Waals surface area contributed by atoms with Crippen LogP contribution in [0.1, 0.15) is 40.1 Å². The molecule has 6 rings (SSSR count). The number of hydrogen-bond donors (Lipinski definition) is 1. The lowest BCUT2D eigenvalue weighted by Gasteiger charge is -2.27. The molecule has 1 atom stereocenters. The molecule has 1 amide bonds. The highest BCUT2D eigenvalue weighted by atomic mass is 16.7. The molecule has 1 unspecified atom stereocenters. The van der Waals surface area contributed by atoms with Crippen molar-refractivity contribution in [3.8, 4) is 28.5 Å². The Morgan fingerprint density at radius 2 is 1.88 bits per heavy atom. The van der Waals surface area contributed by atoms with Crippen LogP contribution in [0, 0.1) is 0 Å². The van der Waals surface area contributed by atoms with Crippen molar-refractivity contribution in [1.82, 2.24) is 15.1 Å². The molecule has 1 N–H and O–H groups in total. The van der Waals surface area contributed by atoms with Crippen molar-refractivity contribution in [1.29, 1.82) is 0 Å². The van der Waals surface area contributed by atoms with E-state index < -0.39 is 0 Å². The molecule has 2 aliphatic rings. The Bertz CT molecular complexity index is 1370. The van der Waals surface area contributed by atoms with Crippen molar-refractivity contribution in [2.45, 2.75) is 19.5 Å². The van der Waals surface area contributed by atoms with Gasteiger partial charge in [-0.1, -0.05) is 48.5 Å². The molecule has 0 saturated heterocycles. The fraction of sp³-hybridized carbons (Fsp3) is 0.185. The van der Waals surface area contributed by atoms with Crippen LogP contribution in [0.25, 0.3) is 11.3 Å². The lowest BCUT2D eigenvalue weighted by molar-refractivity contribution is 0.0729. The molecule has 1 aromatic heterocycles. The fourth-order valence-corrected chi connectivity index (χ4v) is 4.70. The van der Waals surface area contributed by atoms with Gasteiger partial charge in [-0.3, -0.25) is 9.89 Å². The first-order chi connectivity index (χ1) is 16.7. The van der Waals surface area contributed by atoms with Gasteiger partial charge in [-0.2, -0.15) is 5.10 Å². The molecule has 0 aliphatic carbocycles. The fourth-order valence-electron chi connectivity index (χ4n) is 4.70. The maximum absolute atomic E-state index is 13.6. The molecule has 0 saturated carbocycles. The Balaban J connectivity index is 1.46. The molecule has 0 radical (unpaired) electrons. The number of nitrogens with one attached hydrogen (secondary N) is 1. The van der Waals surface area contributed by atoms with Gasteiger partial charge in [-0.05, 0) is 42.3 Å². The summed E-state index contributed by atoms with van der Waals surface area (Å²) in [4.78, 5) is 15.5. The number of benzene rings is 3. The molecule has 0 fully saturated rings. The van der Waals surface area contributed by atoms with E-state index in [4.69, 9.17) is 14.2 Å². The van der Waals surface area contributed by atoms with Crippen molar-refractivity contribution < 1.29 is 19.0 Å². The molecular weight excluding hydrogens is 430 g/mol. The second kappa shape index (κ2) is 8.26. The molecular formula is C27H23N3O4. The van der Waals surface area contributed by atoms with Gasteiger partial charge in [0, 0.05) is 17.7 Å². The number of aromatic nitrogens is 2. The number of carbonyl (C=O) groups excluding carboxylic acids is 1. The van der Waals surface area contributed by atoms with Crippen molar-refractivity contribution >= 4 is 5.91 Å². The molecule has 4 aromatic rings. The predicted molar refractivity (Wildman–Crippen MR) is 126 cm³/mol. The summed E-state index contributed by atoms with van der Waals surface area (Å²) in [5.41, 5.74) is 5.07. The van der Waals surface area contributed by atoms with Crippen molar-refractivity contribution in [3.63, 3.8) is 0 Å². The van der Waals surface area contributed by atoms with E-state index in [1.165, 1.54) is 0 Å². The van der Waals surface area contributed by atoms with Crippen molar-refractivity contribution in [3.05, 3.63) is 95.2 Å². The molecule has 34 heavy (non-hydrogen) atoms. The monoisotopic (exact) mass is 453 g/mol. The van der Waals surface area contributed by atoms with Gasteiger partial charge >= 0.3 is 0 Å². The Labute approximate surface area is 196 Å². The SMILES string of the molecule is CCOc1cccc(C2c3c(-c4ccccc4)n[nH]c3C(=O)N2Cc2ccc3c(c2)OCO3)c1. The lowest BCUT2D eigenvalue weighted by Crippen LogP contribution is -2.29. The third-order valence-electron chi connectivity index (χ3n) is 6.19. The third kappa shape index (κ3) is 3.37. The van der Waals surface area contributed by atoms with Gasteiger partial charge in [-0.15, -0.1) is 0 Å². The normalized spacial score (nSPS) is 16.1. The van der Waals surface area contributed by atoms with Crippen LogP contribution in [0.2, 0.25) is 0 Å². The number of ether oxygens (including phenoxy) is 3. The molecule has 0 bridgehead atoms. The average Bonchev–Trinajstić information content (AvgIpc) is 3.57. The van der Waals surface area contributed by atoms with Crippen LogP contribution in [0.5, 0.6) is 17.2 Å². The van der Waals surface area contributed by atoms with Gasteiger partial charge in [0.15, 0.2) is 11.5 Å². The quantitative estimate of drug-likeness (QED) is 0.447. The maximum Gasteiger partial charge on any atom is 0.273 e. The Morgan fingerprint density at radius 3 is 2.74 bits per heavy atom. The first kappa shape index (κ1) is 20.4. The smallest absolute Gasteiger partial charge is 0.273 e. The summed E-state index contributed by atoms with van der Waals surface area (Å²) >= 11 is 0. The summed E-state index contributed by atoms with van der Waals surface area (Å²) in [6, 6.07) is 23.3. The Kier molecular flexibility index (Phi) is 4.95. The number of H-pyrrole nitrogens is 1. The lowest BCUT2D eigenvalue weighted by atomic mass is 9.95. The largest absolute Gasteiger partial charge is 0.494 e. The number of aromatic amines is 1. The molecule has 7 heteroatoms. The molecule has 3 heterocycles. The van der Waals surface area contributed by atoms with Crippen LogP contribution in [0.15, 0.2) is 72.8 Å². The highest BCUT2D eigenvalue weighted by molar-refractivity contribution is 6.00. The molecule has 2 aliphatic heterocycles. The summed E-state index contributed by atoms with van der Waals surface area (Å²) in [7, 11) is 0. The summed E-state index contributed by atoms with van der Waals surface area (Å²) < 4.78 is 16.8. The highest BCUT2D eigenvalue weighted by Crippen LogP contribution is 2.44. The molecule has 0 spiro atoms. The van der Waals surface area contributed by atoms with Gasteiger partial charge in [0.05, 0.1) is 18.3 Å². The van der Waals surface area contributed by atoms with Crippen LogP contribution in [-0.2, 0) is 6.54 Å². The number of rotatable bonds is 6. The minimum absolute atomic E-state index is 0.0887. The van der Waals surface area contributed by atoms with E-state index in [9.17, 15) is 4.79 Å². The second-order valence-electron chi connectivity index (χ2n) is 8.26. The zero-order valence-electron chi connectivity index (χ0n) is 18.7. The number of fused-ring (bicyclic) bond motifs is 2. The number of carbonyl (C=O) groups is 1. The van der Waals surface area contributed by atoms with E-state index >= 15 is 0 Å². The van der Waals surface area contributed by atoms with Gasteiger partial charge in [-0.25, -0.2) is 0 Å². The first-order valence-corrected chi connectivity index (χ1v) is 11.3. The van der Waals surface area contributed by atoms with E-state index in [0.29, 0.717) is 24.6 Å². The van der Waals surface area contributed by atoms with Gasteiger partial charge in [0.1, 0.15) is 11.4 Å². The zero-order valence-corrected chi connectivity index (χ0v) is 18.7. The Morgan fingerprint density at radius 1 is 1.03 bits per heavy atom. The van der Waals surface area contributed by atoms with Crippen molar-refractivity contribution in [2.75, 3.05) is 13.4 Å². The van der Waals surface area contributed by atoms with Gasteiger partial charge < -0.3 is 19.1 Å². The third-order valence-corrected chi connectivity index (χ3v) is 6.19. The van der Waals surface area contributed by atoms with E-state index in [1.807, 2.05) is 84.6 Å². The summed E-state index contributed by atoms with van der Waals surface area (Å²) in [6.07, 6.45) is 0. The standard InChI is InChI=1S/C27H23N3O4/c1-2-32-20-10-6-9-19(14-20)26-23-24(18-7-4-3-5-8-18)28-29-25(23)27(31)30(26)15-17-11-12-21-22(13-17)34-16-33-21/h3-14,26H,2,15-16H2,1H3,(H,28,29). The molecule has 7 nitrogen and oxygen atoms in total. The van der Waals surface area contributed by atoms with Crippen LogP contribution < -0.4 is 14.2 Å². The van der Waals surface area contributed by atoms with Crippen LogP contribution >= 0.6 is 0 Å². The summed E-state index contributed by atoms with van der Waals surface area (Å²) in [5.74, 6) is 2.10. The van der Waals surface area contributed by atoms with E-state index in [0.717, 1.165) is 39.4 Å². The van der Waals surface area contributed by atoms with Crippen molar-refractivity contribution in [2.24, 2.45) is 0 Å². The van der Waals surface area contributed by atoms with E-state index in [1.54, 1.807) is 0 Å². The number of amides is 1. The van der Waals surface area contributed by atoms with Crippen LogP contribution in [0.3, 0.4) is 0 Å². The van der Waals surface area contributed by atoms with Crippen LogP contribution in [0.4, 0.5) is 0 Å². The topological polar surface area (TPSA) is 76.7 Å². The molecule has 3 aromatic carbocycles. The summed E-state index contributed by atoms with van der Waals surface area (Å²) in [5, 5.41) is 7.56. The molecule has 170 valence electrons. The highest BCUT2D eigenvalue weighted by Gasteiger charge is 2.42. The van der Waals surface area contributed by atoms with E-state index in [2.05, 4.69) is 10.2 Å². The van der Waals surface area contributed by atoms with E-state index in [-0.39, 0.29) is 18.7 Å². The number of hydrogen-bond acceptors (Lipinski definition) is 5. The van der Waals surface area contributed by atoms with Gasteiger partial charge in [0.2, 0.25) is 6.79 Å². The minimum atomic E-state index is -0.317. The zero-order chi connectivity index (χ0) is 23.1. The predicted octanol–water partition coefficient (Wildman–Crippen LogP) is 4.95. The average molecular weight is 453 g/mol. The maximum atomic E-state index is 13.6. The Hall–Kier alpha value is -4.26. The van der Waals surface area contributed by atoms with Crippen LogP contribution in [-0.4, -0.2) is 34.4 Å². The second-order valence-corrected chi connectivity index (χ2v) is 8.26. The minimum Gasteiger partial charge on any atom is -0.494 e. The number of nitrogens with zero attached hydrogens (tertiary/aromatic N) is 2. The van der Waals surface area contributed by atoms with Gasteiger partial charge in [0.25, 0.3) is 5.91 Å². The summed E-state index contributed by atoms with van der Waals surface area (Å²) in [6.45, 7) is 3.15. The first-order valence-electron chi connectivity index (χ1n) is 11.3.